The summed E-state index contributed by atoms with van der Waals surface area (Å²) in [6.07, 6.45) is 2.28. The largest absolute Gasteiger partial charge is 0.466 e. The standard InChI is InChI=1S/C23H28N2O5/c1-4-28-22(27)19-11-17(19)12-25(13-18-14-29-23(2,3)30-18)21(26)16-7-8-20-15(10-16)6-5-9-24-20/h5-10,17-19H,4,11-14H2,1-3H3. The van der Waals surface area contributed by atoms with Gasteiger partial charge in [0, 0.05) is 30.2 Å². The molecule has 1 aromatic carbocycles. The summed E-state index contributed by atoms with van der Waals surface area (Å²) >= 11 is 0. The van der Waals surface area contributed by atoms with Crippen LogP contribution in [0, 0.1) is 11.8 Å². The molecule has 0 N–H and O–H groups in total. The van der Waals surface area contributed by atoms with E-state index in [0.29, 0.717) is 31.9 Å². The topological polar surface area (TPSA) is 78.0 Å². The van der Waals surface area contributed by atoms with E-state index in [2.05, 4.69) is 4.98 Å². The Morgan fingerprint density at radius 2 is 2.10 bits per heavy atom. The molecule has 1 aromatic heterocycles. The normalized spacial score (nSPS) is 24.6. The first-order chi connectivity index (χ1) is 14.4. The minimum atomic E-state index is -0.652. The lowest BCUT2D eigenvalue weighted by Gasteiger charge is -2.26. The van der Waals surface area contributed by atoms with Gasteiger partial charge >= 0.3 is 5.97 Å². The number of nitrogens with zero attached hydrogens (tertiary/aromatic N) is 2. The number of benzene rings is 1. The van der Waals surface area contributed by atoms with E-state index in [0.717, 1.165) is 17.3 Å². The van der Waals surface area contributed by atoms with Crippen molar-refractivity contribution in [3.63, 3.8) is 0 Å². The molecular formula is C23H28N2O5. The molecule has 2 heterocycles. The van der Waals surface area contributed by atoms with Gasteiger partial charge in [-0.3, -0.25) is 14.6 Å². The molecule has 2 fully saturated rings. The second-order valence-electron chi connectivity index (χ2n) is 8.43. The molecule has 1 saturated heterocycles. The number of fused-ring (bicyclic) bond motifs is 1. The van der Waals surface area contributed by atoms with Crippen molar-refractivity contribution >= 4 is 22.8 Å². The number of rotatable bonds is 7. The molecule has 3 atom stereocenters. The van der Waals surface area contributed by atoms with Gasteiger partial charge in [-0.1, -0.05) is 6.07 Å². The van der Waals surface area contributed by atoms with Crippen LogP contribution in [0.25, 0.3) is 10.9 Å². The van der Waals surface area contributed by atoms with E-state index in [4.69, 9.17) is 14.2 Å². The van der Waals surface area contributed by atoms with Crippen LogP contribution in [0.5, 0.6) is 0 Å². The third-order valence-electron chi connectivity index (χ3n) is 5.60. The van der Waals surface area contributed by atoms with Gasteiger partial charge in [-0.2, -0.15) is 0 Å². The Bertz CT molecular complexity index is 944. The minimum absolute atomic E-state index is 0.0800. The van der Waals surface area contributed by atoms with Gasteiger partial charge < -0.3 is 19.1 Å². The highest BCUT2D eigenvalue weighted by molar-refractivity contribution is 5.98. The third kappa shape index (κ3) is 4.63. The maximum Gasteiger partial charge on any atom is 0.309 e. The van der Waals surface area contributed by atoms with Crippen molar-refractivity contribution in [3.05, 3.63) is 42.1 Å². The second kappa shape index (κ2) is 8.32. The third-order valence-corrected chi connectivity index (χ3v) is 5.60. The number of hydrogen-bond acceptors (Lipinski definition) is 6. The summed E-state index contributed by atoms with van der Waals surface area (Å²) < 4.78 is 16.7. The molecule has 0 bridgehead atoms. The van der Waals surface area contributed by atoms with Crippen molar-refractivity contribution in [1.29, 1.82) is 0 Å². The number of pyridine rings is 1. The molecule has 2 aliphatic rings. The van der Waals surface area contributed by atoms with E-state index in [1.807, 2.05) is 38.1 Å². The maximum atomic E-state index is 13.4. The molecule has 4 rings (SSSR count). The van der Waals surface area contributed by atoms with Crippen molar-refractivity contribution in [2.75, 3.05) is 26.3 Å². The van der Waals surface area contributed by atoms with E-state index in [-0.39, 0.29) is 29.8 Å². The number of esters is 1. The fraction of sp³-hybridized carbons (Fsp3) is 0.522. The summed E-state index contributed by atoms with van der Waals surface area (Å²) in [6, 6.07) is 9.32. The Kier molecular flexibility index (Phi) is 5.75. The van der Waals surface area contributed by atoms with Crippen molar-refractivity contribution in [2.24, 2.45) is 11.8 Å². The molecule has 7 nitrogen and oxygen atoms in total. The van der Waals surface area contributed by atoms with E-state index in [1.165, 1.54) is 0 Å². The van der Waals surface area contributed by atoms with E-state index in [9.17, 15) is 9.59 Å². The van der Waals surface area contributed by atoms with Gasteiger partial charge in [-0.15, -0.1) is 0 Å². The zero-order valence-corrected chi connectivity index (χ0v) is 17.7. The number of aromatic nitrogens is 1. The molecule has 0 radical (unpaired) electrons. The van der Waals surface area contributed by atoms with Crippen molar-refractivity contribution < 1.29 is 23.8 Å². The molecule has 1 aliphatic carbocycles. The Hall–Kier alpha value is -2.51. The molecule has 1 saturated carbocycles. The Balaban J connectivity index is 1.51. The SMILES string of the molecule is CCOC(=O)C1CC1CN(CC1COC(C)(C)O1)C(=O)c1ccc2ncccc2c1. The Morgan fingerprint density at radius 1 is 1.27 bits per heavy atom. The van der Waals surface area contributed by atoms with Crippen LogP contribution in [0.3, 0.4) is 0 Å². The Labute approximate surface area is 176 Å². The predicted molar refractivity (Wildman–Crippen MR) is 111 cm³/mol. The van der Waals surface area contributed by atoms with E-state index >= 15 is 0 Å². The van der Waals surface area contributed by atoms with Crippen LogP contribution in [0.2, 0.25) is 0 Å². The summed E-state index contributed by atoms with van der Waals surface area (Å²) in [4.78, 5) is 31.5. The minimum Gasteiger partial charge on any atom is -0.466 e. The van der Waals surface area contributed by atoms with Crippen LogP contribution in [0.15, 0.2) is 36.5 Å². The number of carbonyl (C=O) groups excluding carboxylic acids is 2. The molecule has 1 amide bonds. The highest BCUT2D eigenvalue weighted by Crippen LogP contribution is 2.40. The van der Waals surface area contributed by atoms with Gasteiger partial charge in [0.2, 0.25) is 0 Å². The second-order valence-corrected chi connectivity index (χ2v) is 8.43. The molecule has 3 unspecified atom stereocenters. The number of hydrogen-bond donors (Lipinski definition) is 0. The van der Waals surface area contributed by atoms with Crippen molar-refractivity contribution in [2.45, 2.75) is 39.1 Å². The zero-order valence-electron chi connectivity index (χ0n) is 17.7. The lowest BCUT2D eigenvalue weighted by Crippen LogP contribution is -2.40. The van der Waals surface area contributed by atoms with Crippen LogP contribution in [-0.4, -0.2) is 60.0 Å². The molecule has 30 heavy (non-hydrogen) atoms. The van der Waals surface area contributed by atoms with Gasteiger partial charge in [0.05, 0.1) is 24.6 Å². The molecule has 0 spiro atoms. The highest BCUT2D eigenvalue weighted by atomic mass is 16.7. The van der Waals surface area contributed by atoms with Crippen LogP contribution < -0.4 is 0 Å². The van der Waals surface area contributed by atoms with Crippen LogP contribution in [0.1, 0.15) is 37.6 Å². The average Bonchev–Trinajstić information content (AvgIpc) is 3.41. The summed E-state index contributed by atoms with van der Waals surface area (Å²) in [6.45, 7) is 7.26. The zero-order chi connectivity index (χ0) is 21.3. The van der Waals surface area contributed by atoms with Gasteiger partial charge in [-0.05, 0) is 57.4 Å². The predicted octanol–water partition coefficient (Wildman–Crippen LogP) is 3.03. The monoisotopic (exact) mass is 412 g/mol. The smallest absolute Gasteiger partial charge is 0.309 e. The summed E-state index contributed by atoms with van der Waals surface area (Å²) in [5.74, 6) is -0.915. The van der Waals surface area contributed by atoms with Gasteiger partial charge in [-0.25, -0.2) is 0 Å². The van der Waals surface area contributed by atoms with Gasteiger partial charge in [0.25, 0.3) is 5.91 Å². The molecule has 1 aliphatic heterocycles. The lowest BCUT2D eigenvalue weighted by atomic mass is 10.1. The first-order valence-corrected chi connectivity index (χ1v) is 10.5. The van der Waals surface area contributed by atoms with Crippen LogP contribution >= 0.6 is 0 Å². The van der Waals surface area contributed by atoms with Crippen LogP contribution in [0.4, 0.5) is 0 Å². The molecule has 2 aromatic rings. The summed E-state index contributed by atoms with van der Waals surface area (Å²) in [5, 5.41) is 0.917. The van der Waals surface area contributed by atoms with Crippen LogP contribution in [-0.2, 0) is 19.0 Å². The molecule has 160 valence electrons. The maximum absolute atomic E-state index is 13.4. The van der Waals surface area contributed by atoms with Gasteiger partial charge in [0.15, 0.2) is 5.79 Å². The van der Waals surface area contributed by atoms with E-state index < -0.39 is 5.79 Å². The molecule has 7 heteroatoms. The van der Waals surface area contributed by atoms with Gasteiger partial charge in [0.1, 0.15) is 6.10 Å². The first kappa shape index (κ1) is 20.8. The fourth-order valence-corrected chi connectivity index (χ4v) is 4.00. The fourth-order valence-electron chi connectivity index (χ4n) is 4.00. The van der Waals surface area contributed by atoms with Crippen molar-refractivity contribution in [1.82, 2.24) is 9.88 Å². The molecular weight excluding hydrogens is 384 g/mol. The quantitative estimate of drug-likeness (QED) is 0.651. The van der Waals surface area contributed by atoms with Crippen molar-refractivity contribution in [3.8, 4) is 0 Å². The number of ether oxygens (including phenoxy) is 3. The number of amides is 1. The first-order valence-electron chi connectivity index (χ1n) is 10.5. The summed E-state index contributed by atoms with van der Waals surface area (Å²) in [7, 11) is 0. The highest BCUT2D eigenvalue weighted by Gasteiger charge is 2.46. The Morgan fingerprint density at radius 3 is 2.83 bits per heavy atom. The average molecular weight is 412 g/mol. The lowest BCUT2D eigenvalue weighted by molar-refractivity contribution is -0.145. The number of carbonyl (C=O) groups is 2. The van der Waals surface area contributed by atoms with E-state index in [1.54, 1.807) is 24.1 Å². The summed E-state index contributed by atoms with van der Waals surface area (Å²) in [5.41, 5.74) is 1.45.